The van der Waals surface area contributed by atoms with E-state index >= 15 is 0 Å². The van der Waals surface area contributed by atoms with Crippen LogP contribution in [-0.2, 0) is 7.05 Å². The van der Waals surface area contributed by atoms with Gasteiger partial charge in [0.2, 0.25) is 0 Å². The Morgan fingerprint density at radius 1 is 1.14 bits per heavy atom. The lowest BCUT2D eigenvalue weighted by atomic mass is 10.0. The van der Waals surface area contributed by atoms with Gasteiger partial charge in [0.15, 0.2) is 22.5 Å². The van der Waals surface area contributed by atoms with Gasteiger partial charge in [0.05, 0.1) is 13.3 Å². The Hall–Kier alpha value is -1.85. The zero-order valence-corrected chi connectivity index (χ0v) is 23.4. The molecule has 0 N–H and O–H groups in total. The number of ether oxygens (including phenoxy) is 1. The highest BCUT2D eigenvalue weighted by Gasteiger charge is 2.41. The Morgan fingerprint density at radius 2 is 1.97 bits per heavy atom. The average molecular weight is 579 g/mol. The number of benzene rings is 1. The smallest absolute Gasteiger partial charge is 0.191 e. The molecule has 2 aromatic heterocycles. The van der Waals surface area contributed by atoms with Crippen molar-refractivity contribution in [2.45, 2.75) is 24.0 Å². The van der Waals surface area contributed by atoms with Crippen LogP contribution in [0.25, 0.3) is 11.5 Å². The first-order valence-corrected chi connectivity index (χ1v) is 12.2. The number of hydrogen-bond donors (Lipinski definition) is 0. The zero-order valence-electron chi connectivity index (χ0n) is 20.1. The molecule has 8 nitrogen and oxygen atoms in total. The van der Waals surface area contributed by atoms with E-state index in [0.717, 1.165) is 60.7 Å². The van der Waals surface area contributed by atoms with Crippen LogP contribution in [0.15, 0.2) is 41.9 Å². The van der Waals surface area contributed by atoms with Gasteiger partial charge in [0.1, 0.15) is 5.69 Å². The molecule has 5 rings (SSSR count). The van der Waals surface area contributed by atoms with Crippen LogP contribution in [0.2, 0.25) is 0 Å². The first kappa shape index (κ1) is 30.4. The predicted molar refractivity (Wildman–Crippen MR) is 148 cm³/mol. The molecule has 198 valence electrons. The third kappa shape index (κ3) is 6.34. The summed E-state index contributed by atoms with van der Waals surface area (Å²) in [6.07, 6.45) is 7.28. The van der Waals surface area contributed by atoms with Crippen molar-refractivity contribution in [1.29, 1.82) is 0 Å². The SMILES string of the molecule is COc1cc(N2CC[C@@H]3CN(CCCSc4nnc(-c5cnccn5)n4C)C[C@@H]32)ccc1F.Cl.Cl.Cl. The molecule has 0 radical (unpaired) electrons. The summed E-state index contributed by atoms with van der Waals surface area (Å²) in [6, 6.07) is 5.69. The Balaban J connectivity index is 0.00000152. The number of thioether (sulfide) groups is 1. The first-order chi connectivity index (χ1) is 16.1. The van der Waals surface area contributed by atoms with Gasteiger partial charge >= 0.3 is 0 Å². The lowest BCUT2D eigenvalue weighted by molar-refractivity contribution is 0.319. The normalized spacial score (nSPS) is 18.7. The molecule has 2 saturated heterocycles. The van der Waals surface area contributed by atoms with E-state index in [-0.39, 0.29) is 43.0 Å². The van der Waals surface area contributed by atoms with Crippen LogP contribution in [-0.4, -0.2) is 74.7 Å². The molecular formula is C23H31Cl3FN7OS. The Kier molecular flexibility index (Phi) is 11.5. The van der Waals surface area contributed by atoms with Crippen LogP contribution < -0.4 is 9.64 Å². The summed E-state index contributed by atoms with van der Waals surface area (Å²) < 4.78 is 21.0. The van der Waals surface area contributed by atoms with Gasteiger partial charge in [-0.15, -0.1) is 47.4 Å². The average Bonchev–Trinajstić information content (AvgIpc) is 3.52. The summed E-state index contributed by atoms with van der Waals surface area (Å²) in [4.78, 5) is 13.4. The highest BCUT2D eigenvalue weighted by molar-refractivity contribution is 7.99. The lowest BCUT2D eigenvalue weighted by Crippen LogP contribution is -2.35. The van der Waals surface area contributed by atoms with Crippen molar-refractivity contribution < 1.29 is 9.13 Å². The number of aromatic nitrogens is 5. The molecule has 0 aliphatic carbocycles. The van der Waals surface area contributed by atoms with Gasteiger partial charge in [-0.2, -0.15) is 0 Å². The van der Waals surface area contributed by atoms with Gasteiger partial charge in [0, 0.05) is 62.6 Å². The van der Waals surface area contributed by atoms with Crippen LogP contribution >= 0.6 is 49.0 Å². The maximum atomic E-state index is 13.8. The van der Waals surface area contributed by atoms with E-state index in [4.69, 9.17) is 4.74 Å². The fourth-order valence-electron chi connectivity index (χ4n) is 4.91. The molecule has 0 amide bonds. The summed E-state index contributed by atoms with van der Waals surface area (Å²) in [5, 5.41) is 9.49. The molecule has 1 aromatic carbocycles. The largest absolute Gasteiger partial charge is 0.494 e. The number of anilines is 1. The number of likely N-dealkylation sites (tertiary alicyclic amines) is 1. The molecule has 4 heterocycles. The van der Waals surface area contributed by atoms with Crippen molar-refractivity contribution in [3.63, 3.8) is 0 Å². The molecular weight excluding hydrogens is 548 g/mol. The van der Waals surface area contributed by atoms with E-state index in [9.17, 15) is 4.39 Å². The standard InChI is InChI=1S/C23H28FN7OS.3ClH/c1-29-22(19-13-25-7-8-26-19)27-28-23(29)33-11-3-9-30-14-16-6-10-31(20(16)15-30)17-4-5-18(24)21(12-17)32-2;;;/h4-5,7-8,12-13,16,20H,3,6,9-11,14-15H2,1-2H3;3*1H/t16-,20+;;;/m1.../s1. The molecule has 2 atom stereocenters. The highest BCUT2D eigenvalue weighted by Crippen LogP contribution is 2.37. The van der Waals surface area contributed by atoms with Gasteiger partial charge in [0.25, 0.3) is 0 Å². The van der Waals surface area contributed by atoms with Crippen LogP contribution in [0.4, 0.5) is 10.1 Å². The quantitative estimate of drug-likeness (QED) is 0.288. The monoisotopic (exact) mass is 577 g/mol. The topological polar surface area (TPSA) is 72.2 Å². The molecule has 0 bridgehead atoms. The van der Waals surface area contributed by atoms with Gasteiger partial charge in [-0.3, -0.25) is 4.98 Å². The molecule has 36 heavy (non-hydrogen) atoms. The second kappa shape index (κ2) is 13.6. The minimum absolute atomic E-state index is 0. The van der Waals surface area contributed by atoms with Crippen LogP contribution in [0.5, 0.6) is 5.75 Å². The van der Waals surface area contributed by atoms with Crippen LogP contribution in [0, 0.1) is 11.7 Å². The summed E-state index contributed by atoms with van der Waals surface area (Å²) in [7, 11) is 3.48. The van der Waals surface area contributed by atoms with E-state index in [1.165, 1.54) is 19.6 Å². The molecule has 2 aliphatic heterocycles. The van der Waals surface area contributed by atoms with Gasteiger partial charge in [-0.1, -0.05) is 11.8 Å². The fourth-order valence-corrected chi connectivity index (χ4v) is 5.74. The van der Waals surface area contributed by atoms with Gasteiger partial charge in [-0.05, 0) is 37.4 Å². The third-order valence-corrected chi connectivity index (χ3v) is 7.67. The van der Waals surface area contributed by atoms with E-state index in [0.29, 0.717) is 17.7 Å². The van der Waals surface area contributed by atoms with E-state index < -0.39 is 0 Å². The van der Waals surface area contributed by atoms with Crippen molar-refractivity contribution in [3.8, 4) is 17.3 Å². The molecule has 2 fully saturated rings. The summed E-state index contributed by atoms with van der Waals surface area (Å²) in [5.74, 6) is 2.39. The highest BCUT2D eigenvalue weighted by atomic mass is 35.5. The number of halogens is 4. The Labute approximate surface area is 233 Å². The third-order valence-electron chi connectivity index (χ3n) is 6.57. The van der Waals surface area contributed by atoms with Crippen molar-refractivity contribution in [2.24, 2.45) is 13.0 Å². The maximum Gasteiger partial charge on any atom is 0.191 e. The second-order valence-electron chi connectivity index (χ2n) is 8.55. The summed E-state index contributed by atoms with van der Waals surface area (Å²) in [5.41, 5.74) is 1.78. The summed E-state index contributed by atoms with van der Waals surface area (Å²) in [6.45, 7) is 4.27. The van der Waals surface area contributed by atoms with Gasteiger partial charge in [-0.25, -0.2) is 9.37 Å². The molecule has 0 unspecified atom stereocenters. The molecule has 0 spiro atoms. The minimum Gasteiger partial charge on any atom is -0.494 e. The van der Waals surface area contributed by atoms with Crippen LogP contribution in [0.3, 0.4) is 0 Å². The zero-order chi connectivity index (χ0) is 22.8. The molecule has 3 aromatic rings. The number of hydrogen-bond acceptors (Lipinski definition) is 8. The number of rotatable bonds is 8. The Morgan fingerprint density at radius 3 is 2.72 bits per heavy atom. The summed E-state index contributed by atoms with van der Waals surface area (Å²) >= 11 is 1.72. The number of fused-ring (bicyclic) bond motifs is 1. The second-order valence-corrected chi connectivity index (χ2v) is 9.61. The van der Waals surface area contributed by atoms with Crippen molar-refractivity contribution in [3.05, 3.63) is 42.6 Å². The van der Waals surface area contributed by atoms with E-state index in [1.807, 2.05) is 23.7 Å². The van der Waals surface area contributed by atoms with Crippen LogP contribution in [0.1, 0.15) is 12.8 Å². The molecule has 13 heteroatoms. The number of methoxy groups -OCH3 is 1. The number of nitrogens with zero attached hydrogens (tertiary/aromatic N) is 7. The Bertz CT molecular complexity index is 1110. The minimum atomic E-state index is -0.311. The maximum absolute atomic E-state index is 13.8. The van der Waals surface area contributed by atoms with Crippen molar-refractivity contribution in [1.82, 2.24) is 29.6 Å². The van der Waals surface area contributed by atoms with Crippen molar-refractivity contribution in [2.75, 3.05) is 43.9 Å². The van der Waals surface area contributed by atoms with E-state index in [2.05, 4.69) is 30.0 Å². The predicted octanol–water partition coefficient (Wildman–Crippen LogP) is 4.38. The fraction of sp³-hybridized carbons (Fsp3) is 0.478. The lowest BCUT2D eigenvalue weighted by Gasteiger charge is -2.27. The molecule has 0 saturated carbocycles. The van der Waals surface area contributed by atoms with Gasteiger partial charge < -0.3 is 19.1 Å². The van der Waals surface area contributed by atoms with Crippen molar-refractivity contribution >= 4 is 54.7 Å². The molecule has 2 aliphatic rings. The van der Waals surface area contributed by atoms with E-state index in [1.54, 1.807) is 30.4 Å². The first-order valence-electron chi connectivity index (χ1n) is 11.2.